The van der Waals surface area contributed by atoms with Crippen molar-refractivity contribution in [2.45, 2.75) is 0 Å². The van der Waals surface area contributed by atoms with Gasteiger partial charge in [0.15, 0.2) is 0 Å². The Morgan fingerprint density at radius 2 is 1.14 bits per heavy atom. The molecule has 0 fully saturated rings. The molecule has 0 bridgehead atoms. The summed E-state index contributed by atoms with van der Waals surface area (Å²) in [5.41, 5.74) is 0. The predicted molar refractivity (Wildman–Crippen MR) is 43.4 cm³/mol. The van der Waals surface area contributed by atoms with Crippen LogP contribution in [-0.4, -0.2) is 33.2 Å². The first kappa shape index (κ1) is 18.6. The molecule has 74 valence electrons. The quantitative estimate of drug-likeness (QED) is 0.341. The summed E-state index contributed by atoms with van der Waals surface area (Å²) in [4.78, 5) is 28.4. The van der Waals surface area contributed by atoms with Gasteiger partial charge < -0.3 is 16.7 Å². The second kappa shape index (κ2) is 11.9. The van der Waals surface area contributed by atoms with Gasteiger partial charge in [-0.1, -0.05) is 6.58 Å². The van der Waals surface area contributed by atoms with Crippen LogP contribution in [0.3, 0.4) is 0 Å². The normalized spacial score (nSPS) is 7.71. The van der Waals surface area contributed by atoms with Crippen molar-refractivity contribution in [3.63, 3.8) is 0 Å². The van der Waals surface area contributed by atoms with Crippen LogP contribution in [0.5, 0.6) is 0 Å². The van der Waals surface area contributed by atoms with Gasteiger partial charge >= 0.3 is 47.5 Å². The minimum Gasteiger partial charge on any atom is -1.00 e. The average molecular weight is 212 g/mol. The molecule has 3 N–H and O–H groups in total. The first-order valence-corrected chi connectivity index (χ1v) is 2.89. The van der Waals surface area contributed by atoms with Crippen LogP contribution in [0.4, 0.5) is 0 Å². The van der Waals surface area contributed by atoms with Crippen molar-refractivity contribution in [2.24, 2.45) is 0 Å². The molecular formula is C7H9NaO6. The zero-order valence-electron chi connectivity index (χ0n) is 8.51. The third-order valence-corrected chi connectivity index (χ3v) is 0.543. The molecule has 0 aliphatic rings. The molecule has 0 aliphatic carbocycles. The first-order valence-electron chi connectivity index (χ1n) is 2.89. The molecule has 0 unspecified atom stereocenters. The van der Waals surface area contributed by atoms with Crippen molar-refractivity contribution >= 4 is 17.9 Å². The standard InChI is InChI=1S/C4H4O4.C3H4O2.Na.H/c5-3(6)1-2-4(7)8;1-2-3(4)5;;/h1-2H,(H,5,6)(H,7,8);2H,1H2,(H,4,5);;/q;;+1;-1/b2-1-;;;. The van der Waals surface area contributed by atoms with E-state index in [1.165, 1.54) is 0 Å². The van der Waals surface area contributed by atoms with Crippen molar-refractivity contribution in [1.82, 2.24) is 0 Å². The Hall–Kier alpha value is -1.11. The van der Waals surface area contributed by atoms with E-state index in [0.717, 1.165) is 6.08 Å². The average Bonchev–Trinajstić information content (AvgIpc) is 2.02. The van der Waals surface area contributed by atoms with Crippen molar-refractivity contribution in [2.75, 3.05) is 0 Å². The van der Waals surface area contributed by atoms with E-state index in [1.807, 2.05) is 0 Å². The zero-order valence-corrected chi connectivity index (χ0v) is 9.51. The molecule has 0 saturated carbocycles. The van der Waals surface area contributed by atoms with Gasteiger partial charge in [-0.15, -0.1) is 0 Å². The topological polar surface area (TPSA) is 112 Å². The molecule has 7 heteroatoms. The van der Waals surface area contributed by atoms with E-state index in [2.05, 4.69) is 6.58 Å². The van der Waals surface area contributed by atoms with Gasteiger partial charge in [-0.05, 0) is 0 Å². The summed E-state index contributed by atoms with van der Waals surface area (Å²) in [6, 6.07) is 0. The summed E-state index contributed by atoms with van der Waals surface area (Å²) in [7, 11) is 0. The zero-order chi connectivity index (χ0) is 10.9. The molecular weight excluding hydrogens is 203 g/mol. The van der Waals surface area contributed by atoms with Crippen LogP contribution in [0, 0.1) is 0 Å². The van der Waals surface area contributed by atoms with Crippen LogP contribution in [0.2, 0.25) is 0 Å². The number of carbonyl (C=O) groups is 3. The van der Waals surface area contributed by atoms with E-state index in [0.29, 0.717) is 12.2 Å². The molecule has 14 heavy (non-hydrogen) atoms. The summed E-state index contributed by atoms with van der Waals surface area (Å²) in [5.74, 6) is -3.50. The third-order valence-electron chi connectivity index (χ3n) is 0.543. The fourth-order valence-electron chi connectivity index (χ4n) is 0.143. The monoisotopic (exact) mass is 212 g/mol. The van der Waals surface area contributed by atoms with Crippen LogP contribution < -0.4 is 29.6 Å². The molecule has 0 heterocycles. The Morgan fingerprint density at radius 1 is 0.929 bits per heavy atom. The van der Waals surface area contributed by atoms with E-state index in [1.54, 1.807) is 0 Å². The Labute approximate surface area is 103 Å². The molecule has 0 aromatic heterocycles. The van der Waals surface area contributed by atoms with E-state index >= 15 is 0 Å². The van der Waals surface area contributed by atoms with Gasteiger partial charge in [0.25, 0.3) is 0 Å². The predicted octanol–water partition coefficient (Wildman–Crippen LogP) is -2.91. The van der Waals surface area contributed by atoms with Gasteiger partial charge in [-0.25, -0.2) is 14.4 Å². The maximum atomic E-state index is 9.55. The van der Waals surface area contributed by atoms with E-state index < -0.39 is 17.9 Å². The minimum atomic E-state index is -1.26. The number of carboxylic acid groups (broad SMARTS) is 3. The Kier molecular flexibility index (Phi) is 15.8. The molecule has 0 radical (unpaired) electrons. The second-order valence-electron chi connectivity index (χ2n) is 1.55. The molecule has 0 saturated heterocycles. The molecule has 0 aromatic carbocycles. The molecule has 0 atom stereocenters. The maximum Gasteiger partial charge on any atom is 1.00 e. The van der Waals surface area contributed by atoms with Gasteiger partial charge in [0.1, 0.15) is 0 Å². The molecule has 6 nitrogen and oxygen atoms in total. The summed E-state index contributed by atoms with van der Waals surface area (Å²) in [5, 5.41) is 23.2. The van der Waals surface area contributed by atoms with Crippen LogP contribution >= 0.6 is 0 Å². The molecule has 0 amide bonds. The van der Waals surface area contributed by atoms with Gasteiger partial charge in [-0.2, -0.15) is 0 Å². The molecule has 0 rings (SSSR count). The van der Waals surface area contributed by atoms with E-state index in [4.69, 9.17) is 15.3 Å². The Morgan fingerprint density at radius 3 is 1.21 bits per heavy atom. The second-order valence-corrected chi connectivity index (χ2v) is 1.55. The molecule has 0 spiro atoms. The maximum absolute atomic E-state index is 9.55. The Balaban J connectivity index is -0.0000000770. The van der Waals surface area contributed by atoms with Crippen molar-refractivity contribution in [3.05, 3.63) is 24.8 Å². The first-order chi connectivity index (χ1) is 5.90. The third kappa shape index (κ3) is 30.7. The fraction of sp³-hybridized carbons (Fsp3) is 0. The van der Waals surface area contributed by atoms with Gasteiger partial charge in [-0.3, -0.25) is 0 Å². The number of hydrogen-bond donors (Lipinski definition) is 3. The minimum absolute atomic E-state index is 0. The number of carboxylic acids is 3. The van der Waals surface area contributed by atoms with Gasteiger partial charge in [0.2, 0.25) is 0 Å². The molecule has 0 aromatic rings. The summed E-state index contributed by atoms with van der Waals surface area (Å²) in [6.45, 7) is 2.96. The summed E-state index contributed by atoms with van der Waals surface area (Å²) < 4.78 is 0. The fourth-order valence-corrected chi connectivity index (χ4v) is 0.143. The summed E-state index contributed by atoms with van der Waals surface area (Å²) >= 11 is 0. The summed E-state index contributed by atoms with van der Waals surface area (Å²) in [6.07, 6.45) is 1.95. The SMILES string of the molecule is C=CC(=O)O.O=C(O)/C=C\C(=O)O.[H-].[Na+]. The van der Waals surface area contributed by atoms with Crippen molar-refractivity contribution < 1.29 is 60.7 Å². The number of rotatable bonds is 3. The van der Waals surface area contributed by atoms with E-state index in [9.17, 15) is 14.4 Å². The van der Waals surface area contributed by atoms with Gasteiger partial charge in [0, 0.05) is 18.2 Å². The van der Waals surface area contributed by atoms with Gasteiger partial charge in [0.05, 0.1) is 0 Å². The van der Waals surface area contributed by atoms with Crippen LogP contribution in [0.15, 0.2) is 24.8 Å². The van der Waals surface area contributed by atoms with Crippen molar-refractivity contribution in [1.29, 1.82) is 0 Å². The number of hydrogen-bond acceptors (Lipinski definition) is 3. The number of aliphatic carboxylic acids is 3. The van der Waals surface area contributed by atoms with E-state index in [-0.39, 0.29) is 31.0 Å². The van der Waals surface area contributed by atoms with Crippen molar-refractivity contribution in [3.8, 4) is 0 Å². The molecule has 0 aliphatic heterocycles. The van der Waals surface area contributed by atoms with Crippen LogP contribution in [-0.2, 0) is 14.4 Å². The largest absolute Gasteiger partial charge is 1.00 e. The smallest absolute Gasteiger partial charge is 1.00 e. The van der Waals surface area contributed by atoms with Crippen LogP contribution in [0.25, 0.3) is 0 Å². The Bertz CT molecular complexity index is 234. The van der Waals surface area contributed by atoms with Crippen LogP contribution in [0.1, 0.15) is 1.43 Å².